The van der Waals surface area contributed by atoms with Crippen LogP contribution in [-0.2, 0) is 0 Å². The first-order valence-electron chi connectivity index (χ1n) is 8.67. The molecule has 2 aromatic heterocycles. The van der Waals surface area contributed by atoms with Gasteiger partial charge in [-0.2, -0.15) is 0 Å². The fourth-order valence-corrected chi connectivity index (χ4v) is 3.42. The number of rotatable bonds is 4. The van der Waals surface area contributed by atoms with Gasteiger partial charge < -0.3 is 14.6 Å². The molecule has 3 heterocycles. The molecule has 0 unspecified atom stereocenters. The fraction of sp³-hybridized carbons (Fsp3) is 0.529. The Morgan fingerprint density at radius 3 is 2.69 bits per heavy atom. The van der Waals surface area contributed by atoms with Crippen molar-refractivity contribution >= 4 is 24.3 Å². The van der Waals surface area contributed by atoms with E-state index in [4.69, 9.17) is 0 Å². The van der Waals surface area contributed by atoms with Crippen LogP contribution in [0.3, 0.4) is 0 Å². The van der Waals surface area contributed by atoms with Crippen molar-refractivity contribution in [1.82, 2.24) is 24.6 Å². The molecule has 2 aliphatic rings. The molecule has 4 rings (SSSR count). The van der Waals surface area contributed by atoms with Crippen molar-refractivity contribution in [2.75, 3.05) is 18.0 Å². The number of hydrogen-bond acceptors (Lipinski definition) is 5. The zero-order valence-electron chi connectivity index (χ0n) is 14.8. The molecule has 0 bridgehead atoms. The van der Waals surface area contributed by atoms with Gasteiger partial charge in [0.25, 0.3) is 0 Å². The van der Waals surface area contributed by atoms with E-state index in [9.17, 15) is 9.90 Å². The molecule has 1 aliphatic carbocycles. The van der Waals surface area contributed by atoms with Gasteiger partial charge in [0.2, 0.25) is 0 Å². The first-order chi connectivity index (χ1) is 12.0. The van der Waals surface area contributed by atoms with E-state index in [1.807, 2.05) is 27.7 Å². The Morgan fingerprint density at radius 1 is 1.23 bits per heavy atom. The second kappa shape index (κ2) is 7.20. The van der Waals surface area contributed by atoms with Crippen LogP contribution in [0.2, 0.25) is 0 Å². The monoisotopic (exact) mass is 378 g/mol. The quantitative estimate of drug-likeness (QED) is 0.880. The molecule has 1 N–H and O–H groups in total. The number of carbonyl (C=O) groups excluding carboxylic acids is 1. The minimum atomic E-state index is -0.268. The lowest BCUT2D eigenvalue weighted by atomic mass is 9.88. The Hall–Kier alpha value is -2.19. The number of nitrogens with zero attached hydrogens (tertiary/aromatic N) is 6. The first-order valence-corrected chi connectivity index (χ1v) is 8.67. The van der Waals surface area contributed by atoms with E-state index in [1.54, 1.807) is 11.2 Å². The summed E-state index contributed by atoms with van der Waals surface area (Å²) >= 11 is 0. The topological polar surface area (TPSA) is 87.4 Å². The van der Waals surface area contributed by atoms with Crippen molar-refractivity contribution in [3.05, 3.63) is 24.5 Å². The SMILES string of the molecule is CC(C)n1cnnc1-c1cccc(N2CCN(C3CC(O)C3)C2=O)n1.Cl. The fourth-order valence-electron chi connectivity index (χ4n) is 3.42. The van der Waals surface area contributed by atoms with Crippen molar-refractivity contribution in [1.29, 1.82) is 0 Å². The average Bonchev–Trinajstić information content (AvgIpc) is 3.19. The molecule has 26 heavy (non-hydrogen) atoms. The highest BCUT2D eigenvalue weighted by molar-refractivity contribution is 5.93. The summed E-state index contributed by atoms with van der Waals surface area (Å²) < 4.78 is 1.96. The van der Waals surface area contributed by atoms with Crippen LogP contribution in [-0.4, -0.2) is 61.0 Å². The molecule has 2 amide bonds. The van der Waals surface area contributed by atoms with Crippen LogP contribution in [0, 0.1) is 0 Å². The van der Waals surface area contributed by atoms with E-state index in [-0.39, 0.29) is 36.6 Å². The van der Waals surface area contributed by atoms with Gasteiger partial charge in [0.1, 0.15) is 17.8 Å². The number of halogens is 1. The summed E-state index contributed by atoms with van der Waals surface area (Å²) in [6.07, 6.45) is 2.77. The van der Waals surface area contributed by atoms with Crippen LogP contribution in [0.5, 0.6) is 0 Å². The highest BCUT2D eigenvalue weighted by Gasteiger charge is 2.40. The lowest BCUT2D eigenvalue weighted by molar-refractivity contribution is 0.0249. The molecule has 1 aliphatic heterocycles. The standard InChI is InChI=1S/C17H22N6O2.ClH/c1-11(2)23-10-18-20-16(23)14-4-3-5-15(19-14)22-7-6-21(17(22)25)12-8-13(24)9-12;/h3-5,10-13,24H,6-9H2,1-2H3;1H. The van der Waals surface area contributed by atoms with E-state index >= 15 is 0 Å². The summed E-state index contributed by atoms with van der Waals surface area (Å²) in [5.41, 5.74) is 0.703. The maximum absolute atomic E-state index is 12.7. The number of aromatic nitrogens is 4. The van der Waals surface area contributed by atoms with Gasteiger partial charge in [-0.05, 0) is 38.8 Å². The number of anilines is 1. The third-order valence-corrected chi connectivity index (χ3v) is 4.94. The van der Waals surface area contributed by atoms with Gasteiger partial charge in [0.15, 0.2) is 5.82 Å². The van der Waals surface area contributed by atoms with E-state index in [0.29, 0.717) is 43.3 Å². The summed E-state index contributed by atoms with van der Waals surface area (Å²) in [5.74, 6) is 1.32. The van der Waals surface area contributed by atoms with Crippen LogP contribution in [0.1, 0.15) is 32.7 Å². The molecular formula is C17H23ClN6O2. The molecular weight excluding hydrogens is 356 g/mol. The number of aliphatic hydroxyl groups excluding tert-OH is 1. The lowest BCUT2D eigenvalue weighted by Crippen LogP contribution is -2.48. The predicted molar refractivity (Wildman–Crippen MR) is 99.4 cm³/mol. The number of carbonyl (C=O) groups is 1. The van der Waals surface area contributed by atoms with Crippen molar-refractivity contribution in [3.8, 4) is 11.5 Å². The zero-order chi connectivity index (χ0) is 17.6. The van der Waals surface area contributed by atoms with Gasteiger partial charge in [-0.3, -0.25) is 4.90 Å². The van der Waals surface area contributed by atoms with Crippen LogP contribution < -0.4 is 4.90 Å². The largest absolute Gasteiger partial charge is 0.393 e. The highest BCUT2D eigenvalue weighted by atomic mass is 35.5. The Kier molecular flexibility index (Phi) is 5.15. The van der Waals surface area contributed by atoms with Crippen LogP contribution in [0.4, 0.5) is 10.6 Å². The summed E-state index contributed by atoms with van der Waals surface area (Å²) in [6, 6.07) is 5.96. The Bertz CT molecular complexity index is 789. The van der Waals surface area contributed by atoms with E-state index in [2.05, 4.69) is 29.0 Å². The van der Waals surface area contributed by atoms with Crippen molar-refractivity contribution in [2.24, 2.45) is 0 Å². The summed E-state index contributed by atoms with van der Waals surface area (Å²) in [4.78, 5) is 20.9. The third-order valence-electron chi connectivity index (χ3n) is 4.94. The summed E-state index contributed by atoms with van der Waals surface area (Å²) in [7, 11) is 0. The van der Waals surface area contributed by atoms with Crippen LogP contribution in [0.25, 0.3) is 11.5 Å². The van der Waals surface area contributed by atoms with Crippen molar-refractivity contribution < 1.29 is 9.90 Å². The molecule has 9 heteroatoms. The van der Waals surface area contributed by atoms with Gasteiger partial charge in [0, 0.05) is 25.2 Å². The number of urea groups is 1. The predicted octanol–water partition coefficient (Wildman–Crippen LogP) is 2.11. The molecule has 0 spiro atoms. The molecule has 140 valence electrons. The number of aliphatic hydroxyl groups is 1. The third kappa shape index (κ3) is 3.14. The smallest absolute Gasteiger partial charge is 0.326 e. The van der Waals surface area contributed by atoms with Crippen molar-refractivity contribution in [2.45, 2.75) is 44.9 Å². The molecule has 2 aromatic rings. The summed E-state index contributed by atoms with van der Waals surface area (Å²) in [5, 5.41) is 17.6. The minimum absolute atomic E-state index is 0. The Morgan fingerprint density at radius 2 is 2.00 bits per heavy atom. The van der Waals surface area contributed by atoms with Gasteiger partial charge in [-0.15, -0.1) is 22.6 Å². The van der Waals surface area contributed by atoms with Gasteiger partial charge >= 0.3 is 6.03 Å². The molecule has 8 nitrogen and oxygen atoms in total. The zero-order valence-corrected chi connectivity index (χ0v) is 15.6. The first kappa shape index (κ1) is 18.6. The number of amides is 2. The number of hydrogen-bond donors (Lipinski definition) is 1. The summed E-state index contributed by atoms with van der Waals surface area (Å²) in [6.45, 7) is 5.40. The van der Waals surface area contributed by atoms with Gasteiger partial charge in [-0.25, -0.2) is 9.78 Å². The molecule has 1 saturated heterocycles. The lowest BCUT2D eigenvalue weighted by Gasteiger charge is -2.38. The molecule has 2 fully saturated rings. The van der Waals surface area contributed by atoms with Crippen molar-refractivity contribution in [3.63, 3.8) is 0 Å². The molecule has 1 saturated carbocycles. The maximum Gasteiger partial charge on any atom is 0.326 e. The molecule has 0 atom stereocenters. The Balaban J connectivity index is 0.00000196. The average molecular weight is 379 g/mol. The van der Waals surface area contributed by atoms with E-state index in [1.165, 1.54) is 0 Å². The van der Waals surface area contributed by atoms with Crippen LogP contribution >= 0.6 is 12.4 Å². The Labute approximate surface area is 158 Å². The van der Waals surface area contributed by atoms with E-state index in [0.717, 1.165) is 0 Å². The minimum Gasteiger partial charge on any atom is -0.393 e. The normalized spacial score (nSPS) is 22.5. The maximum atomic E-state index is 12.7. The highest BCUT2D eigenvalue weighted by Crippen LogP contribution is 2.30. The molecule has 0 aromatic carbocycles. The second-order valence-corrected chi connectivity index (χ2v) is 6.94. The van der Waals surface area contributed by atoms with Gasteiger partial charge in [0.05, 0.1) is 6.10 Å². The van der Waals surface area contributed by atoms with Gasteiger partial charge in [-0.1, -0.05) is 6.07 Å². The second-order valence-electron chi connectivity index (χ2n) is 6.94. The number of pyridine rings is 1. The molecule has 0 radical (unpaired) electrons. The van der Waals surface area contributed by atoms with E-state index < -0.39 is 0 Å². The van der Waals surface area contributed by atoms with Crippen LogP contribution in [0.15, 0.2) is 24.5 Å².